The first kappa shape index (κ1) is 21.7. The second kappa shape index (κ2) is 8.94. The van der Waals surface area contributed by atoms with Crippen LogP contribution in [0.15, 0.2) is 60.3 Å². The quantitative estimate of drug-likeness (QED) is 0.392. The van der Waals surface area contributed by atoms with E-state index >= 15 is 0 Å². The van der Waals surface area contributed by atoms with E-state index in [1.54, 1.807) is 12.1 Å². The Kier molecular flexibility index (Phi) is 6.08. The molecule has 2 aliphatic heterocycles. The molecule has 2 amide bonds. The number of piperidine rings is 1. The Morgan fingerprint density at radius 3 is 2.16 bits per heavy atom. The van der Waals surface area contributed by atoms with E-state index in [0.717, 1.165) is 12.0 Å². The highest BCUT2D eigenvalue weighted by molar-refractivity contribution is 6.35. The summed E-state index contributed by atoms with van der Waals surface area (Å²) in [5.74, 6) is 0.206. The Morgan fingerprint density at radius 1 is 0.938 bits per heavy atom. The van der Waals surface area contributed by atoms with Gasteiger partial charge in [-0.1, -0.05) is 44.2 Å². The molecule has 166 valence electrons. The van der Waals surface area contributed by atoms with Gasteiger partial charge in [0.15, 0.2) is 0 Å². The molecule has 0 spiro atoms. The van der Waals surface area contributed by atoms with E-state index in [0.29, 0.717) is 54.7 Å². The molecule has 2 unspecified atom stereocenters. The molecular formula is C25H27N3O4. The maximum absolute atomic E-state index is 13.5. The summed E-state index contributed by atoms with van der Waals surface area (Å²) in [7, 11) is 0. The number of hydrogen-bond donors (Lipinski definition) is 0. The molecule has 2 aromatic rings. The predicted octanol–water partition coefficient (Wildman–Crippen LogP) is 3.90. The number of likely N-dealkylation sites (tertiary alicyclic amines) is 1. The molecule has 0 aliphatic carbocycles. The van der Waals surface area contributed by atoms with Crippen molar-refractivity contribution in [3.8, 4) is 0 Å². The molecule has 0 N–H and O–H groups in total. The first-order valence-electron chi connectivity index (χ1n) is 11.0. The van der Waals surface area contributed by atoms with E-state index in [2.05, 4.69) is 13.8 Å². The number of nitro groups is 1. The zero-order valence-electron chi connectivity index (χ0n) is 18.4. The molecule has 7 heteroatoms. The number of nitro benzene ring substituents is 1. The fourth-order valence-electron chi connectivity index (χ4n) is 4.80. The Balaban J connectivity index is 1.69. The third-order valence-electron chi connectivity index (χ3n) is 6.16. The van der Waals surface area contributed by atoms with E-state index in [4.69, 9.17) is 0 Å². The summed E-state index contributed by atoms with van der Waals surface area (Å²) in [6.45, 7) is 6.02. The first-order chi connectivity index (χ1) is 15.3. The van der Waals surface area contributed by atoms with E-state index in [1.807, 2.05) is 35.2 Å². The summed E-state index contributed by atoms with van der Waals surface area (Å²) in [6, 6.07) is 15.6. The minimum absolute atomic E-state index is 0.0474. The van der Waals surface area contributed by atoms with Crippen LogP contribution in [0.4, 0.5) is 5.69 Å². The van der Waals surface area contributed by atoms with Gasteiger partial charge >= 0.3 is 0 Å². The average Bonchev–Trinajstić information content (AvgIpc) is 3.02. The van der Waals surface area contributed by atoms with Gasteiger partial charge in [0.1, 0.15) is 5.70 Å². The second-order valence-electron chi connectivity index (χ2n) is 8.88. The van der Waals surface area contributed by atoms with Crippen LogP contribution in [0.2, 0.25) is 0 Å². The number of amides is 2. The lowest BCUT2D eigenvalue weighted by Crippen LogP contribution is -2.42. The lowest BCUT2D eigenvalue weighted by molar-refractivity contribution is -0.384. The van der Waals surface area contributed by atoms with Gasteiger partial charge in [0, 0.05) is 31.8 Å². The van der Waals surface area contributed by atoms with Crippen molar-refractivity contribution in [1.29, 1.82) is 0 Å². The minimum atomic E-state index is -0.471. The predicted molar refractivity (Wildman–Crippen MR) is 121 cm³/mol. The maximum atomic E-state index is 13.5. The Hall–Kier alpha value is -3.48. The van der Waals surface area contributed by atoms with Crippen molar-refractivity contribution in [2.75, 3.05) is 19.6 Å². The van der Waals surface area contributed by atoms with Crippen molar-refractivity contribution < 1.29 is 14.5 Å². The standard InChI is InChI=1S/C25H27N3O4/c1-17-14-18(2)16-26(15-17)23-22(20-8-10-21(11-9-20)28(31)32)24(29)27(25(23)30)13-12-19-6-4-3-5-7-19/h3-11,17-18H,12-16H2,1-2H3. The monoisotopic (exact) mass is 433 g/mol. The van der Waals surface area contributed by atoms with E-state index in [-0.39, 0.29) is 17.5 Å². The third kappa shape index (κ3) is 4.28. The Morgan fingerprint density at radius 2 is 1.56 bits per heavy atom. The van der Waals surface area contributed by atoms with E-state index in [1.165, 1.54) is 17.0 Å². The van der Waals surface area contributed by atoms with Crippen LogP contribution in [0.1, 0.15) is 31.4 Å². The zero-order valence-corrected chi connectivity index (χ0v) is 18.4. The van der Waals surface area contributed by atoms with Crippen molar-refractivity contribution in [2.45, 2.75) is 26.7 Å². The zero-order chi connectivity index (χ0) is 22.8. The molecule has 0 bridgehead atoms. The van der Waals surface area contributed by atoms with Crippen LogP contribution in [-0.4, -0.2) is 46.2 Å². The van der Waals surface area contributed by atoms with Crippen LogP contribution in [0.5, 0.6) is 0 Å². The molecule has 7 nitrogen and oxygen atoms in total. The normalized spacial score (nSPS) is 21.4. The number of carbonyl (C=O) groups excluding carboxylic acids is 2. The Bertz CT molecular complexity index is 1050. The van der Waals surface area contributed by atoms with Gasteiger partial charge in [-0.05, 0) is 47.9 Å². The number of carbonyl (C=O) groups is 2. The van der Waals surface area contributed by atoms with Crippen molar-refractivity contribution in [1.82, 2.24) is 9.80 Å². The van der Waals surface area contributed by atoms with Crippen molar-refractivity contribution in [3.63, 3.8) is 0 Å². The van der Waals surface area contributed by atoms with Crippen LogP contribution in [-0.2, 0) is 16.0 Å². The number of imide groups is 1. The highest BCUT2D eigenvalue weighted by Crippen LogP contribution is 2.35. The van der Waals surface area contributed by atoms with E-state index < -0.39 is 4.92 Å². The van der Waals surface area contributed by atoms with Crippen LogP contribution < -0.4 is 0 Å². The van der Waals surface area contributed by atoms with Crippen LogP contribution in [0.25, 0.3) is 5.57 Å². The average molecular weight is 434 g/mol. The number of hydrogen-bond acceptors (Lipinski definition) is 5. The largest absolute Gasteiger partial charge is 0.366 e. The fraction of sp³-hybridized carbons (Fsp3) is 0.360. The first-order valence-corrected chi connectivity index (χ1v) is 11.0. The fourth-order valence-corrected chi connectivity index (χ4v) is 4.80. The van der Waals surface area contributed by atoms with Gasteiger partial charge in [-0.15, -0.1) is 0 Å². The van der Waals surface area contributed by atoms with Gasteiger partial charge < -0.3 is 4.90 Å². The van der Waals surface area contributed by atoms with Gasteiger partial charge in [-0.25, -0.2) is 0 Å². The smallest absolute Gasteiger partial charge is 0.277 e. The lowest BCUT2D eigenvalue weighted by Gasteiger charge is -2.37. The second-order valence-corrected chi connectivity index (χ2v) is 8.88. The number of nitrogens with zero attached hydrogens (tertiary/aromatic N) is 3. The lowest BCUT2D eigenvalue weighted by atomic mass is 9.91. The van der Waals surface area contributed by atoms with Gasteiger partial charge in [0.25, 0.3) is 17.5 Å². The molecule has 2 heterocycles. The van der Waals surface area contributed by atoms with Crippen molar-refractivity contribution in [3.05, 3.63) is 81.5 Å². The number of benzene rings is 2. The highest BCUT2D eigenvalue weighted by Gasteiger charge is 2.42. The summed E-state index contributed by atoms with van der Waals surface area (Å²) in [5.41, 5.74) is 2.32. The van der Waals surface area contributed by atoms with Crippen molar-refractivity contribution in [2.24, 2.45) is 11.8 Å². The molecular weight excluding hydrogens is 406 g/mol. The molecule has 1 fully saturated rings. The molecule has 2 aliphatic rings. The molecule has 0 saturated carbocycles. The molecule has 2 aromatic carbocycles. The van der Waals surface area contributed by atoms with E-state index in [9.17, 15) is 19.7 Å². The van der Waals surface area contributed by atoms with Crippen LogP contribution in [0, 0.1) is 22.0 Å². The third-order valence-corrected chi connectivity index (χ3v) is 6.16. The minimum Gasteiger partial charge on any atom is -0.366 e. The summed E-state index contributed by atoms with van der Waals surface area (Å²) in [4.78, 5) is 40.9. The van der Waals surface area contributed by atoms with Crippen LogP contribution >= 0.6 is 0 Å². The SMILES string of the molecule is CC1CC(C)CN(C2=C(c3ccc([N+](=O)[O-])cc3)C(=O)N(CCc3ccccc3)C2=O)C1. The highest BCUT2D eigenvalue weighted by atomic mass is 16.6. The molecule has 1 saturated heterocycles. The number of rotatable bonds is 6. The Labute approximate surface area is 187 Å². The summed E-state index contributed by atoms with van der Waals surface area (Å²) in [5, 5.41) is 11.1. The molecule has 0 radical (unpaired) electrons. The van der Waals surface area contributed by atoms with Gasteiger partial charge in [0.05, 0.1) is 10.5 Å². The topological polar surface area (TPSA) is 83.8 Å². The number of non-ortho nitro benzene ring substituents is 1. The summed E-state index contributed by atoms with van der Waals surface area (Å²) >= 11 is 0. The maximum Gasteiger partial charge on any atom is 0.277 e. The van der Waals surface area contributed by atoms with Gasteiger partial charge in [-0.3, -0.25) is 24.6 Å². The summed E-state index contributed by atoms with van der Waals surface area (Å²) in [6.07, 6.45) is 1.66. The molecule has 2 atom stereocenters. The van der Waals surface area contributed by atoms with Gasteiger partial charge in [0.2, 0.25) is 0 Å². The molecule has 4 rings (SSSR count). The molecule has 32 heavy (non-hydrogen) atoms. The summed E-state index contributed by atoms with van der Waals surface area (Å²) < 4.78 is 0. The van der Waals surface area contributed by atoms with Crippen LogP contribution in [0.3, 0.4) is 0 Å². The van der Waals surface area contributed by atoms with Gasteiger partial charge in [-0.2, -0.15) is 0 Å². The van der Waals surface area contributed by atoms with Crippen molar-refractivity contribution >= 4 is 23.1 Å². The molecule has 0 aromatic heterocycles.